The fourth-order valence-corrected chi connectivity index (χ4v) is 3.06. The van der Waals surface area contributed by atoms with Gasteiger partial charge in [-0.3, -0.25) is 4.98 Å². The molecule has 1 aromatic heterocycles. The Hall–Kier alpha value is -0.580. The first-order valence-corrected chi connectivity index (χ1v) is 8.65. The fraction of sp³-hybridized carbons (Fsp3) is 0.400. The molecule has 2 rings (SSSR count). The van der Waals surface area contributed by atoms with Crippen molar-refractivity contribution < 1.29 is 0 Å². The quantitative estimate of drug-likeness (QED) is 0.853. The molecule has 2 nitrogen and oxygen atoms in total. The maximum atomic E-state index is 4.51. The van der Waals surface area contributed by atoms with E-state index in [0.29, 0.717) is 6.04 Å². The predicted octanol–water partition coefficient (Wildman–Crippen LogP) is 4.23. The summed E-state index contributed by atoms with van der Waals surface area (Å²) in [5.74, 6) is 1.20. The van der Waals surface area contributed by atoms with Gasteiger partial charge in [0, 0.05) is 28.6 Å². The second-order valence-corrected chi connectivity index (χ2v) is 6.51. The molecule has 0 saturated heterocycles. The van der Waals surface area contributed by atoms with Crippen LogP contribution in [0, 0.1) is 0 Å². The summed E-state index contributed by atoms with van der Waals surface area (Å²) in [6.07, 6.45) is 5.21. The zero-order chi connectivity index (χ0) is 13.7. The zero-order valence-electron chi connectivity index (χ0n) is 11.3. The van der Waals surface area contributed by atoms with Gasteiger partial charge in [-0.1, -0.05) is 28.1 Å². The predicted molar refractivity (Wildman–Crippen MR) is 88.7 cm³/mol. The third-order valence-electron chi connectivity index (χ3n) is 3.20. The molecule has 0 radical (unpaired) electrons. The fourth-order valence-electron chi connectivity index (χ4n) is 2.02. The van der Waals surface area contributed by atoms with E-state index in [2.05, 4.69) is 57.6 Å². The van der Waals surface area contributed by atoms with E-state index in [9.17, 15) is 0 Å². The van der Waals surface area contributed by atoms with E-state index in [1.165, 1.54) is 23.1 Å². The van der Waals surface area contributed by atoms with E-state index < -0.39 is 0 Å². The Bertz CT molecular complexity index is 545. The number of hydrogen-bond acceptors (Lipinski definition) is 3. The lowest BCUT2D eigenvalue weighted by atomic mass is 10.1. The van der Waals surface area contributed by atoms with Gasteiger partial charge in [0.25, 0.3) is 0 Å². The molecule has 1 heterocycles. The number of nitrogens with zero attached hydrogens (tertiary/aromatic N) is 1. The Morgan fingerprint density at radius 2 is 2.21 bits per heavy atom. The zero-order valence-corrected chi connectivity index (χ0v) is 13.7. The summed E-state index contributed by atoms with van der Waals surface area (Å²) in [5, 5.41) is 4.76. The van der Waals surface area contributed by atoms with Crippen LogP contribution in [0.5, 0.6) is 0 Å². The smallest absolute Gasteiger partial charge is 0.0758 e. The molecule has 1 N–H and O–H groups in total. The van der Waals surface area contributed by atoms with Crippen LogP contribution in [0.3, 0.4) is 0 Å². The highest BCUT2D eigenvalue weighted by Crippen LogP contribution is 2.25. The Morgan fingerprint density at radius 1 is 1.37 bits per heavy atom. The molecule has 0 spiro atoms. The van der Waals surface area contributed by atoms with E-state index in [0.717, 1.165) is 16.5 Å². The minimum atomic E-state index is 0.537. The minimum absolute atomic E-state index is 0.537. The lowest BCUT2D eigenvalue weighted by Crippen LogP contribution is -2.26. The maximum absolute atomic E-state index is 4.51. The van der Waals surface area contributed by atoms with Gasteiger partial charge in [0.05, 0.1) is 5.52 Å². The van der Waals surface area contributed by atoms with Crippen LogP contribution in [-0.4, -0.2) is 23.0 Å². The van der Waals surface area contributed by atoms with Crippen LogP contribution >= 0.6 is 27.7 Å². The van der Waals surface area contributed by atoms with Crippen molar-refractivity contribution in [3.8, 4) is 0 Å². The van der Waals surface area contributed by atoms with Crippen LogP contribution < -0.4 is 5.32 Å². The van der Waals surface area contributed by atoms with Crippen molar-refractivity contribution in [2.75, 3.05) is 12.0 Å². The molecule has 0 fully saturated rings. The Labute approximate surface area is 127 Å². The number of pyridine rings is 1. The molecule has 2 aromatic rings. The molecule has 1 unspecified atom stereocenters. The summed E-state index contributed by atoms with van der Waals surface area (Å²) in [5.41, 5.74) is 2.34. The molecule has 1 atom stereocenters. The second kappa shape index (κ2) is 7.27. The van der Waals surface area contributed by atoms with Crippen LogP contribution in [-0.2, 0) is 6.54 Å². The topological polar surface area (TPSA) is 24.9 Å². The van der Waals surface area contributed by atoms with Crippen molar-refractivity contribution in [2.45, 2.75) is 25.9 Å². The Morgan fingerprint density at radius 3 is 3.00 bits per heavy atom. The minimum Gasteiger partial charge on any atom is -0.310 e. The van der Waals surface area contributed by atoms with E-state index in [-0.39, 0.29) is 0 Å². The highest BCUT2D eigenvalue weighted by molar-refractivity contribution is 9.10. The SMILES string of the molecule is CSCCC(C)NCc1ccc(Br)c2cccnc12. The second-order valence-electron chi connectivity index (χ2n) is 4.67. The molecule has 0 bridgehead atoms. The summed E-state index contributed by atoms with van der Waals surface area (Å²) < 4.78 is 1.11. The molecule has 0 aliphatic heterocycles. The third-order valence-corrected chi connectivity index (χ3v) is 4.53. The van der Waals surface area contributed by atoms with Crippen LogP contribution in [0.4, 0.5) is 0 Å². The Balaban J connectivity index is 2.11. The summed E-state index contributed by atoms with van der Waals surface area (Å²) in [7, 11) is 0. The van der Waals surface area contributed by atoms with E-state index in [1.807, 2.05) is 24.0 Å². The van der Waals surface area contributed by atoms with Crippen LogP contribution in [0.15, 0.2) is 34.9 Å². The largest absolute Gasteiger partial charge is 0.310 e. The van der Waals surface area contributed by atoms with Crippen LogP contribution in [0.25, 0.3) is 10.9 Å². The van der Waals surface area contributed by atoms with Crippen molar-refractivity contribution in [3.63, 3.8) is 0 Å². The van der Waals surface area contributed by atoms with Crippen molar-refractivity contribution in [1.82, 2.24) is 10.3 Å². The van der Waals surface area contributed by atoms with Gasteiger partial charge in [-0.05, 0) is 43.0 Å². The van der Waals surface area contributed by atoms with Crippen molar-refractivity contribution in [3.05, 3.63) is 40.5 Å². The normalized spacial score (nSPS) is 12.8. The van der Waals surface area contributed by atoms with Crippen molar-refractivity contribution in [2.24, 2.45) is 0 Å². The van der Waals surface area contributed by atoms with Gasteiger partial charge < -0.3 is 5.32 Å². The molecule has 0 amide bonds. The molecule has 4 heteroatoms. The standard InChI is InChI=1S/C15H19BrN2S/c1-11(7-9-19-2)18-10-12-5-6-14(16)13-4-3-8-17-15(12)13/h3-6,8,11,18H,7,9-10H2,1-2H3. The third kappa shape index (κ3) is 3.94. The number of nitrogens with one attached hydrogen (secondary N) is 1. The molecule has 0 aliphatic carbocycles. The lowest BCUT2D eigenvalue weighted by Gasteiger charge is -2.14. The van der Waals surface area contributed by atoms with Crippen LogP contribution in [0.1, 0.15) is 18.9 Å². The van der Waals surface area contributed by atoms with Gasteiger partial charge in [-0.2, -0.15) is 11.8 Å². The monoisotopic (exact) mass is 338 g/mol. The highest BCUT2D eigenvalue weighted by Gasteiger charge is 2.07. The van der Waals surface area contributed by atoms with E-state index in [1.54, 1.807) is 0 Å². The van der Waals surface area contributed by atoms with Gasteiger partial charge in [0.2, 0.25) is 0 Å². The molecule has 102 valence electrons. The number of fused-ring (bicyclic) bond motifs is 1. The average Bonchev–Trinajstić information content (AvgIpc) is 2.45. The van der Waals surface area contributed by atoms with E-state index in [4.69, 9.17) is 0 Å². The number of thioether (sulfide) groups is 1. The number of rotatable bonds is 6. The summed E-state index contributed by atoms with van der Waals surface area (Å²) >= 11 is 5.48. The Kier molecular flexibility index (Phi) is 5.67. The first-order valence-electron chi connectivity index (χ1n) is 6.47. The molecule has 0 saturated carbocycles. The van der Waals surface area contributed by atoms with E-state index >= 15 is 0 Å². The van der Waals surface area contributed by atoms with Crippen molar-refractivity contribution >= 4 is 38.6 Å². The lowest BCUT2D eigenvalue weighted by molar-refractivity contribution is 0.538. The first kappa shape index (κ1) is 14.8. The highest BCUT2D eigenvalue weighted by atomic mass is 79.9. The summed E-state index contributed by atoms with van der Waals surface area (Å²) in [6.45, 7) is 3.11. The van der Waals surface area contributed by atoms with Gasteiger partial charge in [0.15, 0.2) is 0 Å². The number of hydrogen-bond donors (Lipinski definition) is 1. The van der Waals surface area contributed by atoms with Gasteiger partial charge in [0.1, 0.15) is 0 Å². The number of benzene rings is 1. The van der Waals surface area contributed by atoms with Gasteiger partial charge in [-0.25, -0.2) is 0 Å². The van der Waals surface area contributed by atoms with Crippen molar-refractivity contribution in [1.29, 1.82) is 0 Å². The number of aromatic nitrogens is 1. The number of halogens is 1. The maximum Gasteiger partial charge on any atom is 0.0758 e. The average molecular weight is 339 g/mol. The molecule has 0 aliphatic rings. The molecular weight excluding hydrogens is 320 g/mol. The summed E-state index contributed by atoms with van der Waals surface area (Å²) in [6, 6.07) is 8.87. The first-order chi connectivity index (χ1) is 9.22. The van der Waals surface area contributed by atoms with Gasteiger partial charge in [-0.15, -0.1) is 0 Å². The van der Waals surface area contributed by atoms with Gasteiger partial charge >= 0.3 is 0 Å². The summed E-state index contributed by atoms with van der Waals surface area (Å²) in [4.78, 5) is 4.51. The molecule has 19 heavy (non-hydrogen) atoms. The molecular formula is C15H19BrN2S. The van der Waals surface area contributed by atoms with Crippen LogP contribution in [0.2, 0.25) is 0 Å². The molecule has 1 aromatic carbocycles.